The quantitative estimate of drug-likeness (QED) is 0.0762. The number of aliphatic hydroxyl groups excluding tert-OH is 4. The van der Waals surface area contributed by atoms with E-state index in [2.05, 4.69) is 16.9 Å². The predicted molar refractivity (Wildman–Crippen MR) is 126 cm³/mol. The first-order chi connectivity index (χ1) is 16.9. The molecule has 194 valence electrons. The van der Waals surface area contributed by atoms with Crippen LogP contribution < -0.4 is 0 Å². The number of rotatable bonds is 14. The Hall–Kier alpha value is -2.50. The van der Waals surface area contributed by atoms with Gasteiger partial charge in [-0.3, -0.25) is 0 Å². The van der Waals surface area contributed by atoms with Crippen molar-refractivity contribution in [2.45, 2.75) is 81.9 Å². The summed E-state index contributed by atoms with van der Waals surface area (Å²) < 4.78 is 16.5. The van der Waals surface area contributed by atoms with Crippen molar-refractivity contribution < 1.29 is 39.4 Å². The van der Waals surface area contributed by atoms with E-state index in [-0.39, 0.29) is 6.61 Å². The van der Waals surface area contributed by atoms with E-state index < -0.39 is 55.4 Å². The summed E-state index contributed by atoms with van der Waals surface area (Å²) in [4.78, 5) is 15.5. The van der Waals surface area contributed by atoms with Crippen LogP contribution in [0.2, 0.25) is 0 Å². The molecule has 1 saturated heterocycles. The molecule has 0 amide bonds. The van der Waals surface area contributed by atoms with Crippen LogP contribution in [0.25, 0.3) is 10.4 Å². The molecule has 0 radical (unpaired) electrons. The zero-order valence-electron chi connectivity index (χ0n) is 19.8. The monoisotopic (exact) mass is 493 g/mol. The van der Waals surface area contributed by atoms with Crippen LogP contribution in [0.5, 0.6) is 0 Å². The number of ether oxygens (including phenoxy) is 3. The average molecular weight is 494 g/mol. The minimum atomic E-state index is -1.61. The smallest absolute Gasteiger partial charge is 0.338 e. The Morgan fingerprint density at radius 1 is 1.17 bits per heavy atom. The highest BCUT2D eigenvalue weighted by Gasteiger charge is 2.44. The van der Waals surface area contributed by atoms with Crippen molar-refractivity contribution in [3.63, 3.8) is 0 Å². The molecule has 11 heteroatoms. The third-order valence-corrected chi connectivity index (χ3v) is 5.66. The summed E-state index contributed by atoms with van der Waals surface area (Å²) in [6, 6.07) is 7.33. The Balaban J connectivity index is 2.13. The van der Waals surface area contributed by atoms with Gasteiger partial charge in [0.15, 0.2) is 6.29 Å². The molecule has 1 heterocycles. The van der Waals surface area contributed by atoms with Crippen LogP contribution in [0.1, 0.15) is 49.4 Å². The fraction of sp³-hybridized carbons (Fsp3) is 0.625. The number of carbonyl (C=O) groups excluding carboxylic acids is 1. The van der Waals surface area contributed by atoms with Crippen LogP contribution in [0, 0.1) is 0 Å². The molecular weight excluding hydrogens is 458 g/mol. The molecule has 4 N–H and O–H groups in total. The van der Waals surface area contributed by atoms with Gasteiger partial charge in [-0.15, -0.1) is 0 Å². The van der Waals surface area contributed by atoms with E-state index in [4.69, 9.17) is 19.7 Å². The number of carbonyl (C=O) groups is 1. The molecule has 1 aliphatic heterocycles. The zero-order valence-corrected chi connectivity index (χ0v) is 19.8. The van der Waals surface area contributed by atoms with E-state index in [0.717, 1.165) is 32.1 Å². The molecule has 35 heavy (non-hydrogen) atoms. The van der Waals surface area contributed by atoms with Gasteiger partial charge >= 0.3 is 5.97 Å². The maximum Gasteiger partial charge on any atom is 0.338 e. The SMILES string of the molecule is CCCCCCC=C[C@@H](OC(=O)c1ccccc1)[C@H](CO[C@@H]1O[C@H](CO)[C@H](O)[C@H](O)[C@H]1O)N=[N+]=[N-]. The highest BCUT2D eigenvalue weighted by molar-refractivity contribution is 5.89. The van der Waals surface area contributed by atoms with E-state index in [9.17, 15) is 25.2 Å². The normalized spacial score (nSPS) is 26.1. The molecule has 7 atom stereocenters. The largest absolute Gasteiger partial charge is 0.454 e. The second-order valence-corrected chi connectivity index (χ2v) is 8.32. The molecule has 0 aromatic heterocycles. The lowest BCUT2D eigenvalue weighted by molar-refractivity contribution is -0.302. The molecule has 1 aromatic carbocycles. The summed E-state index contributed by atoms with van der Waals surface area (Å²) in [6.07, 6.45) is 0.197. The highest BCUT2D eigenvalue weighted by atomic mass is 16.7. The van der Waals surface area contributed by atoms with Crippen LogP contribution in [0.4, 0.5) is 0 Å². The van der Waals surface area contributed by atoms with Gasteiger partial charge in [0.05, 0.1) is 18.8 Å². The molecular formula is C24H35N3O8. The van der Waals surface area contributed by atoms with Gasteiger partial charge in [0.2, 0.25) is 0 Å². The lowest BCUT2D eigenvalue weighted by Crippen LogP contribution is -2.59. The first-order valence-corrected chi connectivity index (χ1v) is 11.8. The Morgan fingerprint density at radius 2 is 1.91 bits per heavy atom. The second-order valence-electron chi connectivity index (χ2n) is 8.32. The van der Waals surface area contributed by atoms with Crippen molar-refractivity contribution in [2.75, 3.05) is 13.2 Å². The number of unbranched alkanes of at least 4 members (excludes halogenated alkanes) is 4. The number of aliphatic hydroxyl groups is 4. The van der Waals surface area contributed by atoms with Gasteiger partial charge in [-0.05, 0) is 36.6 Å². The standard InChI is InChI=1S/C24H35N3O8/c1-2-3-4-5-6-10-13-18(34-23(32)16-11-8-7-9-12-16)17(26-27-25)15-33-24-22(31)21(30)20(29)19(14-28)35-24/h7-13,17-22,24,28-31H,2-6,14-15H2,1H3/t17-,18+,19+,20-,21-,22+,24+/m0/s1. The maximum absolute atomic E-state index is 12.7. The van der Waals surface area contributed by atoms with E-state index in [1.807, 2.05) is 6.08 Å². The van der Waals surface area contributed by atoms with Crippen LogP contribution >= 0.6 is 0 Å². The van der Waals surface area contributed by atoms with E-state index >= 15 is 0 Å². The molecule has 0 unspecified atom stereocenters. The van der Waals surface area contributed by atoms with Crippen molar-refractivity contribution in [3.8, 4) is 0 Å². The van der Waals surface area contributed by atoms with Crippen molar-refractivity contribution >= 4 is 5.97 Å². The van der Waals surface area contributed by atoms with Crippen molar-refractivity contribution in [2.24, 2.45) is 5.11 Å². The number of nitrogens with zero attached hydrogens (tertiary/aromatic N) is 3. The van der Waals surface area contributed by atoms with Crippen molar-refractivity contribution in [1.82, 2.24) is 0 Å². The Kier molecular flexibility index (Phi) is 12.7. The van der Waals surface area contributed by atoms with Gasteiger partial charge in [-0.1, -0.05) is 55.6 Å². The van der Waals surface area contributed by atoms with Crippen LogP contribution in [0.3, 0.4) is 0 Å². The van der Waals surface area contributed by atoms with Crippen molar-refractivity contribution in [1.29, 1.82) is 0 Å². The summed E-state index contributed by atoms with van der Waals surface area (Å²) in [5, 5.41) is 43.1. The number of hydrogen-bond donors (Lipinski definition) is 4. The summed E-state index contributed by atoms with van der Waals surface area (Å²) in [5.41, 5.74) is 9.43. The fourth-order valence-corrected chi connectivity index (χ4v) is 3.59. The number of hydrogen-bond acceptors (Lipinski definition) is 9. The van der Waals surface area contributed by atoms with Crippen LogP contribution in [0.15, 0.2) is 47.6 Å². The summed E-state index contributed by atoms with van der Waals surface area (Å²) in [7, 11) is 0. The van der Waals surface area contributed by atoms with Gasteiger partial charge < -0.3 is 34.6 Å². The minimum absolute atomic E-state index is 0.323. The second kappa shape index (κ2) is 15.5. The summed E-state index contributed by atoms with van der Waals surface area (Å²) >= 11 is 0. The highest BCUT2D eigenvalue weighted by Crippen LogP contribution is 2.23. The molecule has 1 fully saturated rings. The Bertz CT molecular complexity index is 831. The van der Waals surface area contributed by atoms with E-state index in [0.29, 0.717) is 5.56 Å². The number of benzene rings is 1. The zero-order chi connectivity index (χ0) is 25.6. The van der Waals surface area contributed by atoms with Crippen molar-refractivity contribution in [3.05, 3.63) is 58.5 Å². The molecule has 1 aliphatic rings. The van der Waals surface area contributed by atoms with Gasteiger partial charge in [-0.25, -0.2) is 4.79 Å². The molecule has 1 aromatic rings. The fourth-order valence-electron chi connectivity index (χ4n) is 3.59. The maximum atomic E-state index is 12.7. The average Bonchev–Trinajstić information content (AvgIpc) is 2.88. The van der Waals surface area contributed by atoms with Crippen LogP contribution in [-0.4, -0.2) is 82.5 Å². The number of azide groups is 1. The lowest BCUT2D eigenvalue weighted by atomic mass is 9.99. The topological polar surface area (TPSA) is 174 Å². The van der Waals surface area contributed by atoms with Gasteiger partial charge in [0.1, 0.15) is 36.6 Å². The first kappa shape index (κ1) is 28.7. The molecule has 0 spiro atoms. The van der Waals surface area contributed by atoms with Gasteiger partial charge in [-0.2, -0.15) is 0 Å². The Labute approximate surface area is 204 Å². The van der Waals surface area contributed by atoms with Gasteiger partial charge in [0.25, 0.3) is 0 Å². The predicted octanol–water partition coefficient (Wildman–Crippen LogP) is 2.23. The summed E-state index contributed by atoms with van der Waals surface area (Å²) in [6.45, 7) is 1.18. The Morgan fingerprint density at radius 3 is 2.57 bits per heavy atom. The number of esters is 1. The number of allylic oxidation sites excluding steroid dienone is 1. The third-order valence-electron chi connectivity index (χ3n) is 5.66. The summed E-state index contributed by atoms with van der Waals surface area (Å²) in [5.74, 6) is -0.614. The van der Waals surface area contributed by atoms with Crippen LogP contribution in [-0.2, 0) is 14.2 Å². The van der Waals surface area contributed by atoms with Gasteiger partial charge in [0, 0.05) is 4.91 Å². The molecule has 0 bridgehead atoms. The molecule has 0 aliphatic carbocycles. The van der Waals surface area contributed by atoms with E-state index in [1.165, 1.54) is 0 Å². The molecule has 2 rings (SSSR count). The molecule has 11 nitrogen and oxygen atoms in total. The van der Waals surface area contributed by atoms with E-state index in [1.54, 1.807) is 36.4 Å². The minimum Gasteiger partial charge on any atom is -0.454 e. The molecule has 0 saturated carbocycles. The lowest BCUT2D eigenvalue weighted by Gasteiger charge is -2.40. The third kappa shape index (κ3) is 8.90. The first-order valence-electron chi connectivity index (χ1n) is 11.8.